The lowest BCUT2D eigenvalue weighted by molar-refractivity contribution is 0.0697. The van der Waals surface area contributed by atoms with Gasteiger partial charge in [0.25, 0.3) is 0 Å². The Kier molecular flexibility index (Phi) is 4.29. The molecule has 0 saturated heterocycles. The number of nitrogens with zero attached hydrogens (tertiary/aromatic N) is 1. The number of halogens is 3. The molecule has 1 heterocycles. The fourth-order valence-corrected chi connectivity index (χ4v) is 2.35. The van der Waals surface area contributed by atoms with Crippen molar-refractivity contribution in [3.8, 4) is 0 Å². The van der Waals surface area contributed by atoms with Gasteiger partial charge >= 0.3 is 5.97 Å². The van der Waals surface area contributed by atoms with Gasteiger partial charge in [-0.1, -0.05) is 23.2 Å². The maximum atomic E-state index is 11.1. The molecule has 0 fully saturated rings. The van der Waals surface area contributed by atoms with Gasteiger partial charge < -0.3 is 10.4 Å². The van der Waals surface area contributed by atoms with Gasteiger partial charge in [0.15, 0.2) is 0 Å². The van der Waals surface area contributed by atoms with Crippen LogP contribution in [0.4, 0.5) is 11.5 Å². The summed E-state index contributed by atoms with van der Waals surface area (Å²) < 4.78 is 0.693. The molecular formula is C12H7BrCl2N2O2. The highest BCUT2D eigenvalue weighted by Crippen LogP contribution is 2.29. The lowest BCUT2D eigenvalue weighted by Gasteiger charge is -2.10. The van der Waals surface area contributed by atoms with Crippen molar-refractivity contribution in [2.24, 2.45) is 0 Å². The van der Waals surface area contributed by atoms with Gasteiger partial charge in [-0.25, -0.2) is 9.78 Å². The van der Waals surface area contributed by atoms with E-state index >= 15 is 0 Å². The first kappa shape index (κ1) is 14.1. The molecule has 0 radical (unpaired) electrons. The Morgan fingerprint density at radius 3 is 2.63 bits per heavy atom. The maximum Gasteiger partial charge on any atom is 0.339 e. The van der Waals surface area contributed by atoms with E-state index in [0.717, 1.165) is 0 Å². The zero-order valence-corrected chi connectivity index (χ0v) is 12.4. The van der Waals surface area contributed by atoms with E-state index in [9.17, 15) is 4.79 Å². The number of hydrogen-bond acceptors (Lipinski definition) is 3. The lowest BCUT2D eigenvalue weighted by atomic mass is 10.2. The molecule has 2 aromatic rings. The maximum absolute atomic E-state index is 11.1. The molecule has 19 heavy (non-hydrogen) atoms. The lowest BCUT2D eigenvalue weighted by Crippen LogP contribution is -2.05. The first-order valence-electron chi connectivity index (χ1n) is 5.09. The van der Waals surface area contributed by atoms with Crippen molar-refractivity contribution in [2.45, 2.75) is 0 Å². The van der Waals surface area contributed by atoms with Gasteiger partial charge in [0.1, 0.15) is 16.5 Å². The van der Waals surface area contributed by atoms with Crippen molar-refractivity contribution in [1.29, 1.82) is 0 Å². The van der Waals surface area contributed by atoms with Crippen LogP contribution in [-0.4, -0.2) is 16.1 Å². The Bertz CT molecular complexity index is 650. The molecule has 0 aliphatic carbocycles. The highest BCUT2D eigenvalue weighted by Gasteiger charge is 2.13. The predicted molar refractivity (Wildman–Crippen MR) is 78.6 cm³/mol. The van der Waals surface area contributed by atoms with Gasteiger partial charge in [-0.05, 0) is 46.3 Å². The standard InChI is InChI=1S/C12H7BrCl2N2O2/c13-8-5-6(14)1-3-9(8)16-11-7(12(18)19)2-4-10(15)17-11/h1-5H,(H,16,17)(H,18,19). The second-order valence-electron chi connectivity index (χ2n) is 3.58. The number of carboxylic acid groups (broad SMARTS) is 1. The van der Waals surface area contributed by atoms with E-state index in [1.54, 1.807) is 18.2 Å². The highest BCUT2D eigenvalue weighted by molar-refractivity contribution is 9.10. The number of aromatic carboxylic acids is 1. The van der Waals surface area contributed by atoms with Crippen LogP contribution in [0.25, 0.3) is 0 Å². The van der Waals surface area contributed by atoms with Crippen molar-refractivity contribution in [2.75, 3.05) is 5.32 Å². The van der Waals surface area contributed by atoms with Gasteiger partial charge in [0.05, 0.1) is 5.69 Å². The Balaban J connectivity index is 2.42. The van der Waals surface area contributed by atoms with Gasteiger partial charge in [0, 0.05) is 9.50 Å². The van der Waals surface area contributed by atoms with Crippen molar-refractivity contribution in [3.63, 3.8) is 0 Å². The smallest absolute Gasteiger partial charge is 0.339 e. The fraction of sp³-hybridized carbons (Fsp3) is 0. The second kappa shape index (κ2) is 5.77. The average molecular weight is 362 g/mol. The third kappa shape index (κ3) is 3.37. The molecule has 0 bridgehead atoms. The number of carboxylic acids is 1. The van der Waals surface area contributed by atoms with E-state index in [-0.39, 0.29) is 16.5 Å². The van der Waals surface area contributed by atoms with Crippen LogP contribution in [0.3, 0.4) is 0 Å². The molecule has 0 unspecified atom stereocenters. The second-order valence-corrected chi connectivity index (χ2v) is 5.26. The Morgan fingerprint density at radius 1 is 1.26 bits per heavy atom. The Morgan fingerprint density at radius 2 is 2.00 bits per heavy atom. The van der Waals surface area contributed by atoms with Crippen LogP contribution in [0, 0.1) is 0 Å². The third-order valence-electron chi connectivity index (χ3n) is 2.28. The number of nitrogens with one attached hydrogen (secondary N) is 1. The topological polar surface area (TPSA) is 62.2 Å². The number of aromatic nitrogens is 1. The summed E-state index contributed by atoms with van der Waals surface area (Å²) in [5.74, 6) is -0.917. The van der Waals surface area contributed by atoms with Crippen LogP contribution in [0.15, 0.2) is 34.8 Å². The Labute approximate surface area is 127 Å². The van der Waals surface area contributed by atoms with Crippen LogP contribution >= 0.6 is 39.1 Å². The minimum absolute atomic E-state index is 0.0336. The molecular weight excluding hydrogens is 355 g/mol. The number of carbonyl (C=O) groups is 1. The van der Waals surface area contributed by atoms with E-state index in [0.29, 0.717) is 15.2 Å². The summed E-state index contributed by atoms with van der Waals surface area (Å²) in [6.07, 6.45) is 0. The van der Waals surface area contributed by atoms with Crippen molar-refractivity contribution < 1.29 is 9.90 Å². The first-order valence-corrected chi connectivity index (χ1v) is 6.64. The SMILES string of the molecule is O=C(O)c1ccc(Cl)nc1Nc1ccc(Cl)cc1Br. The minimum atomic E-state index is -1.09. The normalized spacial score (nSPS) is 10.3. The highest BCUT2D eigenvalue weighted by atomic mass is 79.9. The number of hydrogen-bond donors (Lipinski definition) is 2. The Hall–Kier alpha value is -1.30. The molecule has 7 heteroatoms. The van der Waals surface area contributed by atoms with Crippen LogP contribution in [-0.2, 0) is 0 Å². The summed E-state index contributed by atoms with van der Waals surface area (Å²) in [4.78, 5) is 15.1. The van der Waals surface area contributed by atoms with Crippen LogP contribution in [0.2, 0.25) is 10.2 Å². The summed E-state index contributed by atoms with van der Waals surface area (Å²) in [5, 5.41) is 12.8. The molecule has 0 aliphatic heterocycles. The molecule has 98 valence electrons. The summed E-state index contributed by atoms with van der Waals surface area (Å²) >= 11 is 14.9. The van der Waals surface area contributed by atoms with Crippen molar-refractivity contribution in [1.82, 2.24) is 4.98 Å². The predicted octanol–water partition coefficient (Wildman–Crippen LogP) is 4.59. The number of benzene rings is 1. The molecule has 0 atom stereocenters. The number of rotatable bonds is 3. The van der Waals surface area contributed by atoms with E-state index in [1.807, 2.05) is 0 Å². The van der Waals surface area contributed by atoms with Crippen LogP contribution in [0.1, 0.15) is 10.4 Å². The van der Waals surface area contributed by atoms with Crippen molar-refractivity contribution >= 4 is 56.6 Å². The van der Waals surface area contributed by atoms with Crippen LogP contribution < -0.4 is 5.32 Å². The number of pyridine rings is 1. The van der Waals surface area contributed by atoms with E-state index < -0.39 is 5.97 Å². The molecule has 0 spiro atoms. The van der Waals surface area contributed by atoms with Gasteiger partial charge in [-0.3, -0.25) is 0 Å². The monoisotopic (exact) mass is 360 g/mol. The van der Waals surface area contributed by atoms with Gasteiger partial charge in [-0.15, -0.1) is 0 Å². The van der Waals surface area contributed by atoms with E-state index in [4.69, 9.17) is 28.3 Å². The molecule has 0 saturated carbocycles. The molecule has 4 nitrogen and oxygen atoms in total. The molecule has 1 aromatic heterocycles. The zero-order valence-electron chi connectivity index (χ0n) is 9.32. The van der Waals surface area contributed by atoms with Gasteiger partial charge in [0.2, 0.25) is 0 Å². The fourth-order valence-electron chi connectivity index (χ4n) is 1.42. The zero-order chi connectivity index (χ0) is 14.0. The molecule has 2 rings (SSSR count). The first-order chi connectivity index (χ1) is 8.97. The summed E-state index contributed by atoms with van der Waals surface area (Å²) in [6, 6.07) is 7.89. The largest absolute Gasteiger partial charge is 0.478 e. The molecule has 0 aliphatic rings. The third-order valence-corrected chi connectivity index (χ3v) is 3.38. The van der Waals surface area contributed by atoms with Crippen molar-refractivity contribution in [3.05, 3.63) is 50.5 Å². The van der Waals surface area contributed by atoms with E-state index in [2.05, 4.69) is 26.2 Å². The molecule has 2 N–H and O–H groups in total. The molecule has 0 amide bonds. The van der Waals surface area contributed by atoms with E-state index in [1.165, 1.54) is 12.1 Å². The van der Waals surface area contributed by atoms with Crippen LogP contribution in [0.5, 0.6) is 0 Å². The summed E-state index contributed by atoms with van der Waals surface area (Å²) in [6.45, 7) is 0. The quantitative estimate of drug-likeness (QED) is 0.784. The van der Waals surface area contributed by atoms with Gasteiger partial charge in [-0.2, -0.15) is 0 Å². The minimum Gasteiger partial charge on any atom is -0.478 e. The number of anilines is 2. The summed E-state index contributed by atoms with van der Waals surface area (Å²) in [7, 11) is 0. The average Bonchev–Trinajstić information content (AvgIpc) is 2.32. The molecule has 1 aromatic carbocycles. The summed E-state index contributed by atoms with van der Waals surface area (Å²) in [5.41, 5.74) is 0.674.